The lowest BCUT2D eigenvalue weighted by molar-refractivity contribution is 0.0697. The van der Waals surface area contributed by atoms with Crippen LogP contribution >= 0.6 is 15.9 Å². The number of rotatable bonds is 7. The first-order valence-electron chi connectivity index (χ1n) is 13.0. The number of aromatic carboxylic acids is 1. The van der Waals surface area contributed by atoms with Crippen molar-refractivity contribution >= 4 is 43.8 Å². The first-order chi connectivity index (χ1) is 19.9. The van der Waals surface area contributed by atoms with Gasteiger partial charge < -0.3 is 23.9 Å². The summed E-state index contributed by atoms with van der Waals surface area (Å²) in [6, 6.07) is 26.7. The number of carboxylic acid groups (broad SMARTS) is 1. The highest BCUT2D eigenvalue weighted by Crippen LogP contribution is 2.40. The van der Waals surface area contributed by atoms with Crippen LogP contribution in [0.25, 0.3) is 44.3 Å². The first-order valence-corrected chi connectivity index (χ1v) is 13.8. The van der Waals surface area contributed by atoms with Crippen LogP contribution in [0.2, 0.25) is 0 Å². The van der Waals surface area contributed by atoms with Crippen LogP contribution < -0.4 is 10.3 Å². The summed E-state index contributed by atoms with van der Waals surface area (Å²) in [4.78, 5) is 25.8. The van der Waals surface area contributed by atoms with Gasteiger partial charge in [0, 0.05) is 22.4 Å². The molecule has 0 bridgehead atoms. The van der Waals surface area contributed by atoms with Crippen molar-refractivity contribution in [3.63, 3.8) is 0 Å². The molecular formula is C33H24BrNO6. The molecule has 0 atom stereocenters. The molecule has 2 heterocycles. The van der Waals surface area contributed by atoms with Crippen molar-refractivity contribution in [3.05, 3.63) is 117 Å². The molecule has 41 heavy (non-hydrogen) atoms. The Labute approximate surface area is 243 Å². The third-order valence-corrected chi connectivity index (χ3v) is 7.81. The summed E-state index contributed by atoms with van der Waals surface area (Å²) in [7, 11) is 0. The maximum absolute atomic E-state index is 14.0. The number of nitrogens with zero attached hydrogens (tertiary/aromatic N) is 1. The maximum Gasteiger partial charge on any atom is 0.336 e. The molecule has 6 aromatic rings. The number of hydrogen-bond donors (Lipinski definition) is 2. The highest BCUT2D eigenvalue weighted by atomic mass is 79.9. The van der Waals surface area contributed by atoms with Crippen LogP contribution in [0, 0.1) is 0 Å². The Hall–Kier alpha value is -4.82. The zero-order valence-corrected chi connectivity index (χ0v) is 23.5. The molecule has 6 rings (SSSR count). The lowest BCUT2D eigenvalue weighted by Gasteiger charge is -2.16. The molecule has 2 N–H and O–H groups in total. The van der Waals surface area contributed by atoms with E-state index in [1.807, 2.05) is 37.3 Å². The number of aromatic nitrogens is 1. The highest BCUT2D eigenvalue weighted by Gasteiger charge is 2.21. The molecule has 7 nitrogen and oxygen atoms in total. The molecule has 0 spiro atoms. The van der Waals surface area contributed by atoms with Gasteiger partial charge in [0.1, 0.15) is 22.8 Å². The van der Waals surface area contributed by atoms with Gasteiger partial charge >= 0.3 is 5.97 Å². The van der Waals surface area contributed by atoms with Gasteiger partial charge in [-0.15, -0.1) is 0 Å². The Morgan fingerprint density at radius 2 is 1.71 bits per heavy atom. The summed E-state index contributed by atoms with van der Waals surface area (Å²) in [5.41, 5.74) is 3.02. The third kappa shape index (κ3) is 4.66. The van der Waals surface area contributed by atoms with Crippen LogP contribution in [-0.2, 0) is 6.54 Å². The van der Waals surface area contributed by atoms with Crippen LogP contribution in [0.3, 0.4) is 0 Å². The number of pyridine rings is 1. The van der Waals surface area contributed by atoms with Gasteiger partial charge in [-0.3, -0.25) is 4.79 Å². The molecule has 0 saturated heterocycles. The van der Waals surface area contributed by atoms with E-state index < -0.39 is 5.97 Å². The van der Waals surface area contributed by atoms with Crippen molar-refractivity contribution < 1.29 is 24.2 Å². The zero-order chi connectivity index (χ0) is 28.7. The number of carboxylic acids is 1. The van der Waals surface area contributed by atoms with E-state index in [4.69, 9.17) is 9.15 Å². The van der Waals surface area contributed by atoms with Crippen LogP contribution in [0.5, 0.6) is 11.5 Å². The van der Waals surface area contributed by atoms with Crippen LogP contribution in [-0.4, -0.2) is 27.4 Å². The smallest absolute Gasteiger partial charge is 0.336 e. The molecule has 0 aliphatic heterocycles. The summed E-state index contributed by atoms with van der Waals surface area (Å²) in [6.07, 6.45) is 0. The van der Waals surface area contributed by atoms with Gasteiger partial charge in [-0.2, -0.15) is 0 Å². The molecule has 0 fully saturated rings. The SMILES string of the molecule is CCOc1ccc2c(O)c(-c3ccccc3)c(=O)n(Cc3ccc4oc(-c5ccccc5C(=O)O)c(Br)c4c3)c2c1. The normalized spacial score (nSPS) is 11.3. The second kappa shape index (κ2) is 10.6. The van der Waals surface area contributed by atoms with Gasteiger partial charge in [0.05, 0.1) is 34.3 Å². The minimum absolute atomic E-state index is 0.0785. The topological polar surface area (TPSA) is 102 Å². The van der Waals surface area contributed by atoms with Gasteiger partial charge in [0.2, 0.25) is 0 Å². The lowest BCUT2D eigenvalue weighted by Crippen LogP contribution is -2.23. The minimum Gasteiger partial charge on any atom is -0.506 e. The Balaban J connectivity index is 1.52. The number of ether oxygens (including phenoxy) is 1. The van der Waals surface area contributed by atoms with E-state index in [0.29, 0.717) is 50.2 Å². The molecule has 8 heteroatoms. The summed E-state index contributed by atoms with van der Waals surface area (Å²) in [5.74, 6) is -0.122. The molecule has 0 radical (unpaired) electrons. The van der Waals surface area contributed by atoms with E-state index in [-0.39, 0.29) is 29.0 Å². The number of fused-ring (bicyclic) bond motifs is 2. The third-order valence-electron chi connectivity index (χ3n) is 7.02. The average Bonchev–Trinajstić information content (AvgIpc) is 3.31. The van der Waals surface area contributed by atoms with Crippen LogP contribution in [0.15, 0.2) is 105 Å². The minimum atomic E-state index is -1.05. The van der Waals surface area contributed by atoms with E-state index in [2.05, 4.69) is 15.9 Å². The van der Waals surface area contributed by atoms with Crippen molar-refractivity contribution in [3.8, 4) is 33.9 Å². The number of halogens is 1. The predicted octanol–water partition coefficient (Wildman–Crippen LogP) is 7.70. The molecule has 204 valence electrons. The maximum atomic E-state index is 14.0. The molecular weight excluding hydrogens is 586 g/mol. The number of aromatic hydroxyl groups is 1. The number of benzene rings is 4. The lowest BCUT2D eigenvalue weighted by atomic mass is 10.0. The zero-order valence-electron chi connectivity index (χ0n) is 21.9. The quantitative estimate of drug-likeness (QED) is 0.192. The van der Waals surface area contributed by atoms with Crippen molar-refractivity contribution in [2.75, 3.05) is 6.61 Å². The Morgan fingerprint density at radius 1 is 0.951 bits per heavy atom. The van der Waals surface area contributed by atoms with Gasteiger partial charge in [0.15, 0.2) is 0 Å². The second-order valence-electron chi connectivity index (χ2n) is 9.52. The van der Waals surface area contributed by atoms with Gasteiger partial charge in [-0.1, -0.05) is 54.6 Å². The standard InChI is InChI=1S/C33H24BrNO6/c1-2-40-21-13-14-24-26(17-21)35(32(37)28(30(24)36)20-8-4-3-5-9-20)18-19-12-15-27-25(16-19)29(34)31(41-27)22-10-6-7-11-23(22)33(38)39/h3-17,36H,2,18H2,1H3,(H,38,39). The molecule has 0 aliphatic rings. The van der Waals surface area contributed by atoms with Crippen molar-refractivity contribution in [2.24, 2.45) is 0 Å². The molecule has 0 amide bonds. The summed E-state index contributed by atoms with van der Waals surface area (Å²) >= 11 is 3.62. The van der Waals surface area contributed by atoms with Crippen LogP contribution in [0.4, 0.5) is 0 Å². The van der Waals surface area contributed by atoms with E-state index in [0.717, 1.165) is 10.9 Å². The first kappa shape index (κ1) is 26.4. The molecule has 0 saturated carbocycles. The van der Waals surface area contributed by atoms with E-state index in [1.165, 1.54) is 6.07 Å². The van der Waals surface area contributed by atoms with E-state index in [1.54, 1.807) is 59.2 Å². The monoisotopic (exact) mass is 609 g/mol. The molecule has 0 aliphatic carbocycles. The average molecular weight is 610 g/mol. The van der Waals surface area contributed by atoms with Crippen molar-refractivity contribution in [2.45, 2.75) is 13.5 Å². The number of furan rings is 1. The summed E-state index contributed by atoms with van der Waals surface area (Å²) < 4.78 is 14.0. The molecule has 0 unspecified atom stereocenters. The number of carbonyl (C=O) groups is 1. The van der Waals surface area contributed by atoms with Crippen molar-refractivity contribution in [1.29, 1.82) is 0 Å². The van der Waals surface area contributed by atoms with Gasteiger partial charge in [-0.25, -0.2) is 4.79 Å². The largest absolute Gasteiger partial charge is 0.506 e. The van der Waals surface area contributed by atoms with Gasteiger partial charge in [0.25, 0.3) is 5.56 Å². The Kier molecular flexibility index (Phi) is 6.85. The van der Waals surface area contributed by atoms with E-state index >= 15 is 0 Å². The summed E-state index contributed by atoms with van der Waals surface area (Å²) in [5, 5.41) is 22.2. The highest BCUT2D eigenvalue weighted by molar-refractivity contribution is 9.10. The summed E-state index contributed by atoms with van der Waals surface area (Å²) in [6.45, 7) is 2.55. The Morgan fingerprint density at radius 3 is 2.46 bits per heavy atom. The fraction of sp³-hybridized carbons (Fsp3) is 0.0909. The number of hydrogen-bond acceptors (Lipinski definition) is 5. The Bertz CT molecular complexity index is 2010. The van der Waals surface area contributed by atoms with Crippen LogP contribution in [0.1, 0.15) is 22.8 Å². The second-order valence-corrected chi connectivity index (χ2v) is 10.3. The fourth-order valence-electron chi connectivity index (χ4n) is 5.13. The van der Waals surface area contributed by atoms with Gasteiger partial charge in [-0.05, 0) is 64.3 Å². The fourth-order valence-corrected chi connectivity index (χ4v) is 5.73. The van der Waals surface area contributed by atoms with Crippen molar-refractivity contribution in [1.82, 2.24) is 4.57 Å². The molecule has 4 aromatic carbocycles. The molecule has 2 aromatic heterocycles. The van der Waals surface area contributed by atoms with E-state index in [9.17, 15) is 19.8 Å². The predicted molar refractivity (Wildman–Crippen MR) is 162 cm³/mol.